The van der Waals surface area contributed by atoms with Gasteiger partial charge in [-0.2, -0.15) is 8.78 Å². The Morgan fingerprint density at radius 1 is 1.20 bits per heavy atom. The molecule has 4 nitrogen and oxygen atoms in total. The monoisotopic (exact) mass is 410 g/mol. The zero-order valence-electron chi connectivity index (χ0n) is 17.0. The Hall–Kier alpha value is -2.73. The molecule has 2 heterocycles. The minimum Gasteiger partial charge on any atom is -0.432 e. The lowest BCUT2D eigenvalue weighted by molar-refractivity contribution is -0.0486. The zero-order valence-corrected chi connectivity index (χ0v) is 17.0. The van der Waals surface area contributed by atoms with Crippen LogP contribution in [-0.2, 0) is 6.54 Å². The zero-order chi connectivity index (χ0) is 21.0. The number of hydrogen-bond donors (Lipinski definition) is 1. The van der Waals surface area contributed by atoms with Crippen LogP contribution in [0.1, 0.15) is 48.4 Å². The largest absolute Gasteiger partial charge is 0.432 e. The number of fused-ring (bicyclic) bond motifs is 2. The second-order valence-corrected chi connectivity index (χ2v) is 8.44. The molecule has 156 valence electrons. The van der Waals surface area contributed by atoms with Crippen molar-refractivity contribution in [1.29, 1.82) is 0 Å². The molecule has 2 aromatic carbocycles. The van der Waals surface area contributed by atoms with Gasteiger partial charge in [0.15, 0.2) is 11.2 Å². The maximum absolute atomic E-state index is 13.5. The third-order valence-electron chi connectivity index (χ3n) is 6.22. The molecule has 0 radical (unpaired) electrons. The fourth-order valence-corrected chi connectivity index (χ4v) is 4.57. The Bertz CT molecular complexity index is 1200. The molecule has 0 amide bonds. The number of pyridine rings is 1. The van der Waals surface area contributed by atoms with Gasteiger partial charge in [0.1, 0.15) is 0 Å². The molecule has 0 spiro atoms. The molecule has 1 aromatic heterocycles. The maximum Gasteiger partial charge on any atom is 0.387 e. The van der Waals surface area contributed by atoms with Gasteiger partial charge in [0.25, 0.3) is 0 Å². The van der Waals surface area contributed by atoms with Crippen LogP contribution >= 0.6 is 0 Å². The van der Waals surface area contributed by atoms with Gasteiger partial charge in [-0.05, 0) is 60.6 Å². The van der Waals surface area contributed by atoms with Gasteiger partial charge in [0.05, 0.1) is 5.52 Å². The molecule has 1 atom stereocenters. The standard InChI is InChI=1S/C24H24F2N2O2/c1-13-10-27-11-16-9-15(3-6-18(13)16)19-7-8-20-21(23(19)30-24(25)26)28(17-4-5-17)12-14(2)22(20)29/h3,6-9,12-13,17,24,27H,4-5,10-11H2,1-2H3. The van der Waals surface area contributed by atoms with Gasteiger partial charge < -0.3 is 14.6 Å². The van der Waals surface area contributed by atoms with E-state index in [1.165, 1.54) is 5.56 Å². The summed E-state index contributed by atoms with van der Waals surface area (Å²) < 4.78 is 34.0. The molecule has 0 bridgehead atoms. The van der Waals surface area contributed by atoms with E-state index in [4.69, 9.17) is 4.74 Å². The van der Waals surface area contributed by atoms with Crippen LogP contribution in [0.3, 0.4) is 0 Å². The smallest absolute Gasteiger partial charge is 0.387 e. The van der Waals surface area contributed by atoms with Gasteiger partial charge in [-0.3, -0.25) is 4.79 Å². The molecule has 1 unspecified atom stereocenters. The number of hydrogen-bond acceptors (Lipinski definition) is 3. The van der Waals surface area contributed by atoms with Gasteiger partial charge in [0.2, 0.25) is 0 Å². The highest BCUT2D eigenvalue weighted by Crippen LogP contribution is 2.43. The lowest BCUT2D eigenvalue weighted by Gasteiger charge is -2.24. The van der Waals surface area contributed by atoms with Crippen molar-refractivity contribution in [3.05, 3.63) is 63.4 Å². The summed E-state index contributed by atoms with van der Waals surface area (Å²) in [6.45, 7) is 2.63. The van der Waals surface area contributed by atoms with Gasteiger partial charge in [0, 0.05) is 41.8 Å². The first-order valence-corrected chi connectivity index (χ1v) is 10.4. The fraction of sp³-hybridized carbons (Fsp3) is 0.375. The van der Waals surface area contributed by atoms with Crippen molar-refractivity contribution in [2.24, 2.45) is 0 Å². The average molecular weight is 410 g/mol. The first-order valence-electron chi connectivity index (χ1n) is 10.4. The van der Waals surface area contributed by atoms with Gasteiger partial charge in [-0.1, -0.05) is 19.1 Å². The molecule has 0 saturated heterocycles. The summed E-state index contributed by atoms with van der Waals surface area (Å²) in [5, 5.41) is 3.82. The summed E-state index contributed by atoms with van der Waals surface area (Å²) in [7, 11) is 0. The number of nitrogens with one attached hydrogen (secondary N) is 1. The normalized spacial score (nSPS) is 18.6. The van der Waals surface area contributed by atoms with Crippen molar-refractivity contribution in [2.75, 3.05) is 6.54 Å². The summed E-state index contributed by atoms with van der Waals surface area (Å²) in [4.78, 5) is 12.8. The second-order valence-electron chi connectivity index (χ2n) is 8.44. The van der Waals surface area contributed by atoms with Crippen LogP contribution in [0.4, 0.5) is 8.78 Å². The summed E-state index contributed by atoms with van der Waals surface area (Å²) in [6.07, 6.45) is 3.72. The van der Waals surface area contributed by atoms with Crippen LogP contribution in [0.2, 0.25) is 0 Å². The van der Waals surface area contributed by atoms with E-state index in [0.717, 1.165) is 37.1 Å². The average Bonchev–Trinajstić information content (AvgIpc) is 3.55. The quantitative estimate of drug-likeness (QED) is 0.649. The summed E-state index contributed by atoms with van der Waals surface area (Å²) in [5.74, 6) is 0.488. The molecular formula is C24H24F2N2O2. The molecular weight excluding hydrogens is 386 g/mol. The Morgan fingerprint density at radius 3 is 2.73 bits per heavy atom. The van der Waals surface area contributed by atoms with E-state index < -0.39 is 6.61 Å². The number of alkyl halides is 2. The van der Waals surface area contributed by atoms with Crippen molar-refractivity contribution >= 4 is 10.9 Å². The van der Waals surface area contributed by atoms with Crippen LogP contribution in [0.5, 0.6) is 5.75 Å². The molecule has 1 aliphatic heterocycles. The number of aromatic nitrogens is 1. The first-order chi connectivity index (χ1) is 14.4. The highest BCUT2D eigenvalue weighted by Gasteiger charge is 2.28. The first kappa shape index (κ1) is 19.2. The van der Waals surface area contributed by atoms with E-state index in [-0.39, 0.29) is 17.2 Å². The number of aryl methyl sites for hydroxylation is 1. The van der Waals surface area contributed by atoms with E-state index in [1.807, 2.05) is 16.7 Å². The lowest BCUT2D eigenvalue weighted by atomic mass is 9.89. The number of rotatable bonds is 4. The minimum absolute atomic E-state index is 0.0864. The number of halogens is 2. The second kappa shape index (κ2) is 7.20. The molecule has 3 aromatic rings. The van der Waals surface area contributed by atoms with Crippen LogP contribution in [0.15, 0.2) is 41.3 Å². The number of ether oxygens (including phenoxy) is 1. The van der Waals surface area contributed by atoms with E-state index in [2.05, 4.69) is 18.3 Å². The van der Waals surface area contributed by atoms with Gasteiger partial charge in [-0.25, -0.2) is 0 Å². The van der Waals surface area contributed by atoms with Crippen LogP contribution in [0, 0.1) is 6.92 Å². The molecule has 5 rings (SSSR count). The van der Waals surface area contributed by atoms with Gasteiger partial charge >= 0.3 is 6.61 Å². The predicted molar refractivity (Wildman–Crippen MR) is 113 cm³/mol. The van der Waals surface area contributed by atoms with Crippen molar-refractivity contribution in [2.45, 2.75) is 51.8 Å². The highest BCUT2D eigenvalue weighted by atomic mass is 19.3. The molecule has 2 aliphatic rings. The topological polar surface area (TPSA) is 43.3 Å². The van der Waals surface area contributed by atoms with Crippen molar-refractivity contribution < 1.29 is 13.5 Å². The van der Waals surface area contributed by atoms with E-state index in [1.54, 1.807) is 25.3 Å². The van der Waals surface area contributed by atoms with E-state index in [0.29, 0.717) is 27.9 Å². The molecule has 1 saturated carbocycles. The van der Waals surface area contributed by atoms with Crippen molar-refractivity contribution in [3.63, 3.8) is 0 Å². The summed E-state index contributed by atoms with van der Waals surface area (Å²) >= 11 is 0. The molecule has 6 heteroatoms. The Kier molecular flexibility index (Phi) is 4.62. The molecule has 1 aliphatic carbocycles. The van der Waals surface area contributed by atoms with Crippen LogP contribution in [-0.4, -0.2) is 17.7 Å². The Morgan fingerprint density at radius 2 is 2.00 bits per heavy atom. The Balaban J connectivity index is 1.78. The van der Waals surface area contributed by atoms with Gasteiger partial charge in [-0.15, -0.1) is 0 Å². The Labute approximate surface area is 173 Å². The van der Waals surface area contributed by atoms with Crippen molar-refractivity contribution in [3.8, 4) is 16.9 Å². The SMILES string of the molecule is Cc1cn(C2CC2)c2c(OC(F)F)c(-c3ccc4c(c3)CNCC4C)ccc2c1=O. The fourth-order valence-electron chi connectivity index (χ4n) is 4.57. The van der Waals surface area contributed by atoms with Crippen LogP contribution < -0.4 is 15.5 Å². The summed E-state index contributed by atoms with van der Waals surface area (Å²) in [6, 6.07) is 9.79. The third-order valence-corrected chi connectivity index (χ3v) is 6.22. The highest BCUT2D eigenvalue weighted by molar-refractivity contribution is 5.93. The maximum atomic E-state index is 13.5. The predicted octanol–water partition coefficient (Wildman–Crippen LogP) is 5.12. The van der Waals surface area contributed by atoms with Crippen LogP contribution in [0.25, 0.3) is 22.0 Å². The van der Waals surface area contributed by atoms with Crippen molar-refractivity contribution in [1.82, 2.24) is 9.88 Å². The van der Waals surface area contributed by atoms with E-state index >= 15 is 0 Å². The number of nitrogens with zero attached hydrogens (tertiary/aromatic N) is 1. The number of benzene rings is 2. The minimum atomic E-state index is -2.97. The lowest BCUT2D eigenvalue weighted by Crippen LogP contribution is -2.26. The third kappa shape index (κ3) is 3.19. The van der Waals surface area contributed by atoms with E-state index in [9.17, 15) is 13.6 Å². The molecule has 1 fully saturated rings. The summed E-state index contributed by atoms with van der Waals surface area (Å²) in [5.41, 5.74) is 4.78. The molecule has 30 heavy (non-hydrogen) atoms. The molecule has 1 N–H and O–H groups in total.